The van der Waals surface area contributed by atoms with Crippen LogP contribution >= 0.6 is 0 Å². The first kappa shape index (κ1) is 20.3. The van der Waals surface area contributed by atoms with Gasteiger partial charge in [0.25, 0.3) is 0 Å². The third-order valence-corrected chi connectivity index (χ3v) is 5.79. The number of H-pyrrole nitrogens is 1. The molecule has 2 aromatic heterocycles. The summed E-state index contributed by atoms with van der Waals surface area (Å²) in [4.78, 5) is 33.8. The van der Waals surface area contributed by atoms with Crippen LogP contribution in [-0.4, -0.2) is 81.4 Å². The molecule has 0 radical (unpaired) electrons. The molecular formula is C22H26N8O2. The van der Waals surface area contributed by atoms with Crippen LogP contribution in [0.4, 0.5) is 5.95 Å². The first-order valence-electron chi connectivity index (χ1n) is 10.8. The van der Waals surface area contributed by atoms with Crippen LogP contribution in [0.3, 0.4) is 0 Å². The summed E-state index contributed by atoms with van der Waals surface area (Å²) >= 11 is 0. The molecular weight excluding hydrogens is 408 g/mol. The number of piperazine rings is 1. The minimum atomic E-state index is -0.141. The van der Waals surface area contributed by atoms with Gasteiger partial charge < -0.3 is 24.6 Å². The van der Waals surface area contributed by atoms with Crippen LogP contribution in [0.5, 0.6) is 0 Å². The van der Waals surface area contributed by atoms with E-state index >= 15 is 0 Å². The van der Waals surface area contributed by atoms with Crippen molar-refractivity contribution >= 4 is 17.6 Å². The summed E-state index contributed by atoms with van der Waals surface area (Å²) in [6.07, 6.45) is 9.54. The van der Waals surface area contributed by atoms with Gasteiger partial charge in [-0.05, 0) is 17.7 Å². The topological polar surface area (TPSA) is 104 Å². The van der Waals surface area contributed by atoms with Gasteiger partial charge in [-0.3, -0.25) is 9.69 Å². The van der Waals surface area contributed by atoms with Gasteiger partial charge in [-0.1, -0.05) is 17.3 Å². The molecule has 4 heterocycles. The Morgan fingerprint density at radius 2 is 2.00 bits per heavy atom. The molecule has 2 N–H and O–H groups in total. The maximum absolute atomic E-state index is 12.4. The number of oxime groups is 1. The fourth-order valence-electron chi connectivity index (χ4n) is 3.98. The lowest BCUT2D eigenvalue weighted by Gasteiger charge is -2.34. The van der Waals surface area contributed by atoms with Gasteiger partial charge in [0.15, 0.2) is 0 Å². The molecule has 10 heteroatoms. The van der Waals surface area contributed by atoms with E-state index in [-0.39, 0.29) is 12.0 Å². The third-order valence-electron chi connectivity index (χ3n) is 5.79. The van der Waals surface area contributed by atoms with Crippen LogP contribution in [0.2, 0.25) is 0 Å². The molecule has 2 aliphatic rings. The SMILES string of the molecule is O=C(CN1CCN(c2ncc[nH]2)CC1)NCC1CC(c2ccc(-n3ccnc3)cc2)=NO1. The van der Waals surface area contributed by atoms with E-state index in [9.17, 15) is 4.79 Å². The number of anilines is 1. The van der Waals surface area contributed by atoms with Crippen molar-refractivity contribution in [1.82, 2.24) is 29.7 Å². The zero-order valence-electron chi connectivity index (χ0n) is 17.7. The maximum atomic E-state index is 12.4. The number of nitrogens with one attached hydrogen (secondary N) is 2. The standard InChI is InChI=1S/C22H26N8O2/c31-21(15-28-9-11-29(12-10-28)22-24-5-6-25-22)26-14-19-13-20(27-32-19)17-1-3-18(4-2-17)30-8-7-23-16-30/h1-8,16,19H,9-15H2,(H,24,25)(H,26,31). The lowest BCUT2D eigenvalue weighted by Crippen LogP contribution is -2.50. The molecule has 0 saturated carbocycles. The second kappa shape index (κ2) is 9.23. The molecule has 0 aliphatic carbocycles. The summed E-state index contributed by atoms with van der Waals surface area (Å²) in [6.45, 7) is 4.20. The normalized spacial score (nSPS) is 18.9. The van der Waals surface area contributed by atoms with Gasteiger partial charge >= 0.3 is 0 Å². The summed E-state index contributed by atoms with van der Waals surface area (Å²) < 4.78 is 1.95. The highest BCUT2D eigenvalue weighted by molar-refractivity contribution is 6.01. The lowest BCUT2D eigenvalue weighted by atomic mass is 10.0. The highest BCUT2D eigenvalue weighted by atomic mass is 16.6. The number of hydrogen-bond donors (Lipinski definition) is 2. The second-order valence-corrected chi connectivity index (χ2v) is 7.97. The van der Waals surface area contributed by atoms with Crippen molar-refractivity contribution in [1.29, 1.82) is 0 Å². The van der Waals surface area contributed by atoms with Crippen LogP contribution in [0.25, 0.3) is 5.69 Å². The van der Waals surface area contributed by atoms with E-state index in [2.05, 4.69) is 35.2 Å². The molecule has 1 amide bonds. The van der Waals surface area contributed by atoms with Gasteiger partial charge in [0.2, 0.25) is 11.9 Å². The number of benzene rings is 1. The Morgan fingerprint density at radius 1 is 1.16 bits per heavy atom. The van der Waals surface area contributed by atoms with Gasteiger partial charge in [0.1, 0.15) is 6.10 Å². The van der Waals surface area contributed by atoms with Gasteiger partial charge in [-0.2, -0.15) is 0 Å². The molecule has 1 unspecified atom stereocenters. The summed E-state index contributed by atoms with van der Waals surface area (Å²) in [5.74, 6) is 0.901. The zero-order valence-corrected chi connectivity index (χ0v) is 17.7. The number of nitrogens with zero attached hydrogens (tertiary/aromatic N) is 6. The van der Waals surface area contributed by atoms with Gasteiger partial charge in [0.05, 0.1) is 25.1 Å². The Kier molecular flexibility index (Phi) is 5.84. The predicted molar refractivity (Wildman–Crippen MR) is 120 cm³/mol. The molecule has 10 nitrogen and oxygen atoms in total. The van der Waals surface area contributed by atoms with E-state index in [0.29, 0.717) is 19.5 Å². The molecule has 5 rings (SSSR count). The molecule has 1 fully saturated rings. The molecule has 3 aromatic rings. The summed E-state index contributed by atoms with van der Waals surface area (Å²) in [5.41, 5.74) is 2.96. The third kappa shape index (κ3) is 4.65. The van der Waals surface area contributed by atoms with Crippen molar-refractivity contribution in [3.63, 3.8) is 0 Å². The Balaban J connectivity index is 1.04. The smallest absolute Gasteiger partial charge is 0.234 e. The van der Waals surface area contributed by atoms with Crippen LogP contribution in [0, 0.1) is 0 Å². The van der Waals surface area contributed by atoms with E-state index in [1.54, 1.807) is 18.7 Å². The highest BCUT2D eigenvalue weighted by Crippen LogP contribution is 2.18. The van der Waals surface area contributed by atoms with Crippen molar-refractivity contribution in [3.05, 3.63) is 60.9 Å². The average molecular weight is 435 g/mol. The molecule has 32 heavy (non-hydrogen) atoms. The Hall–Kier alpha value is -3.66. The number of aromatic amines is 1. The van der Waals surface area contributed by atoms with Crippen molar-refractivity contribution in [3.8, 4) is 5.69 Å². The zero-order chi connectivity index (χ0) is 21.8. The minimum Gasteiger partial charge on any atom is -0.390 e. The molecule has 2 aliphatic heterocycles. The monoisotopic (exact) mass is 434 g/mol. The Labute approximate surface area is 185 Å². The fourth-order valence-corrected chi connectivity index (χ4v) is 3.98. The number of imidazole rings is 2. The van der Waals surface area contributed by atoms with E-state index in [4.69, 9.17) is 4.84 Å². The average Bonchev–Trinajstić information content (AvgIpc) is 3.61. The Bertz CT molecular complexity index is 1040. The number of amides is 1. The highest BCUT2D eigenvalue weighted by Gasteiger charge is 2.24. The number of rotatable bonds is 7. The summed E-state index contributed by atoms with van der Waals surface area (Å²) in [7, 11) is 0. The molecule has 166 valence electrons. The van der Waals surface area contributed by atoms with Crippen LogP contribution in [-0.2, 0) is 9.63 Å². The maximum Gasteiger partial charge on any atom is 0.234 e. The number of aromatic nitrogens is 4. The van der Waals surface area contributed by atoms with Crippen molar-refractivity contribution < 1.29 is 9.63 Å². The van der Waals surface area contributed by atoms with Crippen molar-refractivity contribution in [2.24, 2.45) is 5.16 Å². The first-order valence-corrected chi connectivity index (χ1v) is 10.8. The van der Waals surface area contributed by atoms with E-state index in [0.717, 1.165) is 49.1 Å². The quantitative estimate of drug-likeness (QED) is 0.576. The molecule has 0 bridgehead atoms. The molecule has 1 aromatic carbocycles. The summed E-state index contributed by atoms with van der Waals surface area (Å²) in [6, 6.07) is 8.11. The van der Waals surface area contributed by atoms with Crippen LogP contribution < -0.4 is 10.2 Å². The molecule has 0 spiro atoms. The minimum absolute atomic E-state index is 0.0122. The lowest BCUT2D eigenvalue weighted by molar-refractivity contribution is -0.122. The van der Waals surface area contributed by atoms with E-state index in [1.807, 2.05) is 41.2 Å². The van der Waals surface area contributed by atoms with Crippen LogP contribution in [0.1, 0.15) is 12.0 Å². The fraction of sp³-hybridized carbons (Fsp3) is 0.364. The molecule has 1 saturated heterocycles. The Morgan fingerprint density at radius 3 is 2.72 bits per heavy atom. The number of carbonyl (C=O) groups is 1. The predicted octanol–water partition coefficient (Wildman–Crippen LogP) is 1.03. The van der Waals surface area contributed by atoms with Crippen LogP contribution in [0.15, 0.2) is 60.5 Å². The first-order chi connectivity index (χ1) is 15.7. The second-order valence-electron chi connectivity index (χ2n) is 7.97. The van der Waals surface area contributed by atoms with Gasteiger partial charge in [-0.25, -0.2) is 9.97 Å². The van der Waals surface area contributed by atoms with Crippen molar-refractivity contribution in [2.75, 3.05) is 44.2 Å². The van der Waals surface area contributed by atoms with Gasteiger partial charge in [-0.15, -0.1) is 0 Å². The van der Waals surface area contributed by atoms with E-state index < -0.39 is 0 Å². The number of carbonyl (C=O) groups excluding carboxylic acids is 1. The van der Waals surface area contributed by atoms with Gasteiger partial charge in [0, 0.05) is 63.1 Å². The number of hydrogen-bond acceptors (Lipinski definition) is 7. The summed E-state index contributed by atoms with van der Waals surface area (Å²) in [5, 5.41) is 7.22. The molecule has 1 atom stereocenters. The largest absolute Gasteiger partial charge is 0.390 e. The van der Waals surface area contributed by atoms with E-state index in [1.165, 1.54) is 0 Å². The van der Waals surface area contributed by atoms with Crippen molar-refractivity contribution in [2.45, 2.75) is 12.5 Å².